The van der Waals surface area contributed by atoms with Crippen LogP contribution in [0, 0.1) is 0 Å². The van der Waals surface area contributed by atoms with E-state index in [2.05, 4.69) is 36.2 Å². The van der Waals surface area contributed by atoms with Gasteiger partial charge in [-0.05, 0) is 12.6 Å². The summed E-state index contributed by atoms with van der Waals surface area (Å²) in [7, 11) is 2.11. The van der Waals surface area contributed by atoms with Gasteiger partial charge in [-0.25, -0.2) is 0 Å². The van der Waals surface area contributed by atoms with Crippen molar-refractivity contribution in [2.24, 2.45) is 0 Å². The minimum Gasteiger partial charge on any atom is -0.368 e. The molecule has 0 aromatic heterocycles. The molecule has 0 saturated carbocycles. The Hall–Kier alpha value is -1.12. The van der Waals surface area contributed by atoms with Gasteiger partial charge in [0.2, 0.25) is 0 Å². The Balaban J connectivity index is 1.83. The molecule has 1 aromatic rings. The molecule has 0 bridgehead atoms. The van der Waals surface area contributed by atoms with Crippen molar-refractivity contribution in [3.8, 4) is 0 Å². The summed E-state index contributed by atoms with van der Waals surface area (Å²) in [5.41, 5.74) is 1.24. The van der Waals surface area contributed by atoms with Crippen LogP contribution in [0.25, 0.3) is 0 Å². The topological polar surface area (TPSA) is 12.5 Å². The molecule has 1 unspecified atom stereocenters. The van der Waals surface area contributed by atoms with E-state index in [4.69, 9.17) is 4.74 Å². The number of likely N-dealkylation sites (N-methyl/N-ethyl adjacent to an activating group) is 1. The van der Waals surface area contributed by atoms with E-state index >= 15 is 0 Å². The molecule has 1 aliphatic heterocycles. The number of hydrogen-bond donors (Lipinski definition) is 0. The molecule has 0 saturated heterocycles. The van der Waals surface area contributed by atoms with Gasteiger partial charge in [0.1, 0.15) is 0 Å². The first-order chi connectivity index (χ1) is 7.34. The first-order valence-electron chi connectivity index (χ1n) is 5.35. The Labute approximate surface area is 91.2 Å². The van der Waals surface area contributed by atoms with E-state index in [1.165, 1.54) is 5.56 Å². The fourth-order valence-electron chi connectivity index (χ4n) is 1.72. The van der Waals surface area contributed by atoms with E-state index in [-0.39, 0.29) is 6.10 Å². The van der Waals surface area contributed by atoms with Crippen LogP contribution in [-0.2, 0) is 11.3 Å². The molecule has 0 fully saturated rings. The molecule has 1 heterocycles. The van der Waals surface area contributed by atoms with Gasteiger partial charge in [-0.2, -0.15) is 0 Å². The Morgan fingerprint density at radius 2 is 2.13 bits per heavy atom. The lowest BCUT2D eigenvalue weighted by Crippen LogP contribution is -2.33. The lowest BCUT2D eigenvalue weighted by molar-refractivity contribution is 0.0469. The Morgan fingerprint density at radius 3 is 2.87 bits per heavy atom. The van der Waals surface area contributed by atoms with E-state index in [0.29, 0.717) is 6.61 Å². The van der Waals surface area contributed by atoms with Crippen LogP contribution in [-0.4, -0.2) is 31.1 Å². The van der Waals surface area contributed by atoms with Gasteiger partial charge in [0.25, 0.3) is 0 Å². The third kappa shape index (κ3) is 3.18. The van der Waals surface area contributed by atoms with E-state index in [0.717, 1.165) is 13.1 Å². The first-order valence-corrected chi connectivity index (χ1v) is 5.35. The van der Waals surface area contributed by atoms with Crippen molar-refractivity contribution in [3.63, 3.8) is 0 Å². The highest BCUT2D eigenvalue weighted by Gasteiger charge is 2.12. The van der Waals surface area contributed by atoms with E-state index in [9.17, 15) is 0 Å². The second-order valence-corrected chi connectivity index (χ2v) is 3.98. The zero-order valence-electron chi connectivity index (χ0n) is 9.10. The molecule has 1 aliphatic rings. The van der Waals surface area contributed by atoms with Gasteiger partial charge in [-0.1, -0.05) is 42.5 Å². The Bertz CT molecular complexity index is 321. The summed E-state index contributed by atoms with van der Waals surface area (Å²) in [6, 6.07) is 10.3. The molecule has 1 aromatic carbocycles. The zero-order chi connectivity index (χ0) is 10.5. The molecule has 80 valence electrons. The molecule has 2 nitrogen and oxygen atoms in total. The summed E-state index contributed by atoms with van der Waals surface area (Å²) in [6.45, 7) is 2.72. The van der Waals surface area contributed by atoms with Crippen molar-refractivity contribution in [2.75, 3.05) is 20.1 Å². The highest BCUT2D eigenvalue weighted by atomic mass is 16.5. The second kappa shape index (κ2) is 5.10. The fourth-order valence-corrected chi connectivity index (χ4v) is 1.72. The average molecular weight is 203 g/mol. The lowest BCUT2D eigenvalue weighted by Gasteiger charge is -2.25. The number of rotatable bonds is 3. The van der Waals surface area contributed by atoms with Gasteiger partial charge in [-0.3, -0.25) is 4.90 Å². The summed E-state index contributed by atoms with van der Waals surface area (Å²) in [5.74, 6) is 0. The maximum absolute atomic E-state index is 5.81. The molecule has 2 heteroatoms. The predicted molar refractivity (Wildman–Crippen MR) is 61.7 cm³/mol. The molecule has 1 atom stereocenters. The van der Waals surface area contributed by atoms with Gasteiger partial charge >= 0.3 is 0 Å². The minimum atomic E-state index is 0.240. The predicted octanol–water partition coefficient (Wildman–Crippen LogP) is 2.07. The number of nitrogens with zero attached hydrogens (tertiary/aromatic N) is 1. The standard InChI is InChI=1S/C13H17NO/c1-14-9-5-8-13(10-14)15-11-12-6-3-2-4-7-12/h2-8,13H,9-11H2,1H3. The average Bonchev–Trinajstić information content (AvgIpc) is 2.28. The third-order valence-electron chi connectivity index (χ3n) is 2.57. The van der Waals surface area contributed by atoms with Gasteiger partial charge in [0.15, 0.2) is 0 Å². The van der Waals surface area contributed by atoms with Crippen LogP contribution in [0.15, 0.2) is 42.5 Å². The third-order valence-corrected chi connectivity index (χ3v) is 2.57. The zero-order valence-corrected chi connectivity index (χ0v) is 9.10. The van der Waals surface area contributed by atoms with Gasteiger partial charge in [0, 0.05) is 13.1 Å². The van der Waals surface area contributed by atoms with Crippen molar-refractivity contribution < 1.29 is 4.74 Å². The van der Waals surface area contributed by atoms with Crippen LogP contribution in [0.1, 0.15) is 5.56 Å². The normalized spacial score (nSPS) is 21.8. The molecule has 2 rings (SSSR count). The van der Waals surface area contributed by atoms with Crippen LogP contribution >= 0.6 is 0 Å². The molecule has 0 N–H and O–H groups in total. The molecule has 0 aliphatic carbocycles. The largest absolute Gasteiger partial charge is 0.368 e. The monoisotopic (exact) mass is 203 g/mol. The van der Waals surface area contributed by atoms with Crippen molar-refractivity contribution in [1.29, 1.82) is 0 Å². The summed E-state index contributed by atoms with van der Waals surface area (Å²) < 4.78 is 5.81. The molecular weight excluding hydrogens is 186 g/mol. The Kier molecular flexibility index (Phi) is 3.54. The summed E-state index contributed by atoms with van der Waals surface area (Å²) in [5, 5.41) is 0. The highest BCUT2D eigenvalue weighted by molar-refractivity contribution is 5.13. The fraction of sp³-hybridized carbons (Fsp3) is 0.385. The van der Waals surface area contributed by atoms with E-state index < -0.39 is 0 Å². The lowest BCUT2D eigenvalue weighted by atomic mass is 10.2. The number of hydrogen-bond acceptors (Lipinski definition) is 2. The first kappa shape index (κ1) is 10.4. The molecule has 0 spiro atoms. The summed E-state index contributed by atoms with van der Waals surface area (Å²) >= 11 is 0. The van der Waals surface area contributed by atoms with Crippen LogP contribution in [0.5, 0.6) is 0 Å². The van der Waals surface area contributed by atoms with Crippen molar-refractivity contribution >= 4 is 0 Å². The highest BCUT2D eigenvalue weighted by Crippen LogP contribution is 2.08. The molecule has 0 amide bonds. The Morgan fingerprint density at radius 1 is 1.33 bits per heavy atom. The van der Waals surface area contributed by atoms with Gasteiger partial charge in [0.05, 0.1) is 12.7 Å². The maximum Gasteiger partial charge on any atom is 0.0887 e. The molecule has 0 radical (unpaired) electrons. The SMILES string of the molecule is CN1CC=CC(OCc2ccccc2)C1. The second-order valence-electron chi connectivity index (χ2n) is 3.98. The van der Waals surface area contributed by atoms with Crippen molar-refractivity contribution in [2.45, 2.75) is 12.7 Å². The number of ether oxygens (including phenoxy) is 1. The van der Waals surface area contributed by atoms with Crippen LogP contribution in [0.4, 0.5) is 0 Å². The van der Waals surface area contributed by atoms with Crippen molar-refractivity contribution in [3.05, 3.63) is 48.0 Å². The van der Waals surface area contributed by atoms with Gasteiger partial charge in [-0.15, -0.1) is 0 Å². The van der Waals surface area contributed by atoms with Crippen LogP contribution < -0.4 is 0 Å². The smallest absolute Gasteiger partial charge is 0.0887 e. The van der Waals surface area contributed by atoms with E-state index in [1.54, 1.807) is 0 Å². The molecule has 15 heavy (non-hydrogen) atoms. The van der Waals surface area contributed by atoms with E-state index in [1.807, 2.05) is 18.2 Å². The maximum atomic E-state index is 5.81. The van der Waals surface area contributed by atoms with Gasteiger partial charge < -0.3 is 4.74 Å². The summed E-state index contributed by atoms with van der Waals surface area (Å²) in [4.78, 5) is 2.26. The minimum absolute atomic E-state index is 0.240. The number of benzene rings is 1. The van der Waals surface area contributed by atoms with Crippen LogP contribution in [0.3, 0.4) is 0 Å². The summed E-state index contributed by atoms with van der Waals surface area (Å²) in [6.07, 6.45) is 4.56. The quantitative estimate of drug-likeness (QED) is 0.697. The molecular formula is C13H17NO. The van der Waals surface area contributed by atoms with Crippen LogP contribution in [0.2, 0.25) is 0 Å². The van der Waals surface area contributed by atoms with Crippen molar-refractivity contribution in [1.82, 2.24) is 4.90 Å².